The highest BCUT2D eigenvalue weighted by atomic mass is 16.7. The van der Waals surface area contributed by atoms with Crippen LogP contribution in [-0.4, -0.2) is 82.0 Å². The second-order valence-corrected chi connectivity index (χ2v) is 6.75. The van der Waals surface area contributed by atoms with Gasteiger partial charge < -0.3 is 24.0 Å². The first-order valence-electron chi connectivity index (χ1n) is 8.67. The maximum atomic E-state index is 11.7. The van der Waals surface area contributed by atoms with E-state index in [2.05, 4.69) is 0 Å². The molecule has 0 aromatic rings. The summed E-state index contributed by atoms with van der Waals surface area (Å²) < 4.78 is 16.1. The maximum absolute atomic E-state index is 11.7. The molecule has 0 spiro atoms. The van der Waals surface area contributed by atoms with Gasteiger partial charge >= 0.3 is 11.9 Å². The average Bonchev–Trinajstić information content (AvgIpc) is 2.91. The number of carbonyl (C=O) groups is 2. The van der Waals surface area contributed by atoms with E-state index in [1.165, 1.54) is 0 Å². The molecule has 2 atom stereocenters. The quantitative estimate of drug-likeness (QED) is 0.523. The number of hydrogen-bond donors (Lipinski definition) is 0. The third-order valence-electron chi connectivity index (χ3n) is 3.73. The van der Waals surface area contributed by atoms with Crippen LogP contribution in [-0.2, 0) is 23.8 Å². The van der Waals surface area contributed by atoms with Gasteiger partial charge in [0.05, 0.1) is 6.10 Å². The molecule has 7 heteroatoms. The van der Waals surface area contributed by atoms with E-state index in [0.29, 0.717) is 19.3 Å². The molecular weight excluding hydrogens is 312 g/mol. The van der Waals surface area contributed by atoms with Gasteiger partial charge in [0.1, 0.15) is 6.61 Å². The van der Waals surface area contributed by atoms with Crippen LogP contribution in [0.15, 0.2) is 0 Å². The predicted octanol–water partition coefficient (Wildman–Crippen LogP) is 1.26. The summed E-state index contributed by atoms with van der Waals surface area (Å²) in [7, 11) is 7.88. The summed E-state index contributed by atoms with van der Waals surface area (Å²) in [4.78, 5) is 27.4. The van der Waals surface area contributed by atoms with Crippen molar-refractivity contribution in [2.24, 2.45) is 0 Å². The second kappa shape index (κ2) is 11.4. The van der Waals surface area contributed by atoms with Crippen LogP contribution in [0, 0.1) is 0 Å². The lowest BCUT2D eigenvalue weighted by Gasteiger charge is -2.15. The molecule has 24 heavy (non-hydrogen) atoms. The normalized spacial score (nSPS) is 20.6. The van der Waals surface area contributed by atoms with Crippen molar-refractivity contribution in [1.82, 2.24) is 9.80 Å². The van der Waals surface area contributed by atoms with Crippen molar-refractivity contribution in [2.45, 2.75) is 50.9 Å². The number of nitrogens with zero attached hydrogens (tertiary/aromatic N) is 2. The molecule has 1 rings (SSSR count). The summed E-state index contributed by atoms with van der Waals surface area (Å²) in [5.41, 5.74) is 0. The minimum atomic E-state index is -0.505. The van der Waals surface area contributed by atoms with Gasteiger partial charge in [-0.1, -0.05) is 0 Å². The van der Waals surface area contributed by atoms with Gasteiger partial charge in [-0.25, -0.2) is 0 Å². The lowest BCUT2D eigenvalue weighted by Crippen LogP contribution is -2.23. The van der Waals surface area contributed by atoms with E-state index in [0.717, 1.165) is 32.4 Å². The van der Waals surface area contributed by atoms with E-state index in [-0.39, 0.29) is 24.6 Å². The average molecular weight is 344 g/mol. The zero-order valence-electron chi connectivity index (χ0n) is 15.5. The fourth-order valence-electron chi connectivity index (χ4n) is 2.42. The molecule has 0 aromatic carbocycles. The zero-order chi connectivity index (χ0) is 17.9. The Labute approximate surface area is 145 Å². The van der Waals surface area contributed by atoms with Gasteiger partial charge in [0.15, 0.2) is 0 Å². The first-order valence-corrected chi connectivity index (χ1v) is 8.67. The maximum Gasteiger partial charge on any atom is 0.308 e. The van der Waals surface area contributed by atoms with Crippen molar-refractivity contribution in [3.8, 4) is 0 Å². The summed E-state index contributed by atoms with van der Waals surface area (Å²) in [6, 6.07) is 0. The Balaban J connectivity index is 2.10. The monoisotopic (exact) mass is 344 g/mol. The van der Waals surface area contributed by atoms with Crippen LogP contribution >= 0.6 is 0 Å². The van der Waals surface area contributed by atoms with Crippen molar-refractivity contribution in [3.05, 3.63) is 0 Å². The van der Waals surface area contributed by atoms with Gasteiger partial charge in [-0.15, -0.1) is 0 Å². The van der Waals surface area contributed by atoms with Gasteiger partial charge in [-0.2, -0.15) is 0 Å². The first kappa shape index (κ1) is 20.9. The highest BCUT2D eigenvalue weighted by Crippen LogP contribution is 2.21. The molecule has 7 nitrogen and oxygen atoms in total. The molecule has 0 saturated carbocycles. The molecule has 1 aliphatic heterocycles. The number of carbonyl (C=O) groups excluding carboxylic acids is 2. The minimum absolute atomic E-state index is 0.178. The molecule has 1 saturated heterocycles. The molecule has 0 aliphatic carbocycles. The Kier molecular flexibility index (Phi) is 9.90. The molecule has 1 fully saturated rings. The molecular formula is C17H32N2O5. The van der Waals surface area contributed by atoms with Crippen molar-refractivity contribution in [2.75, 3.05) is 47.9 Å². The number of ether oxygens (including phenoxy) is 3. The van der Waals surface area contributed by atoms with E-state index >= 15 is 0 Å². The van der Waals surface area contributed by atoms with Gasteiger partial charge in [0, 0.05) is 19.3 Å². The van der Waals surface area contributed by atoms with E-state index in [9.17, 15) is 9.59 Å². The predicted molar refractivity (Wildman–Crippen MR) is 90.5 cm³/mol. The summed E-state index contributed by atoms with van der Waals surface area (Å²) in [5, 5.41) is 0. The molecule has 0 bridgehead atoms. The molecule has 1 aliphatic rings. The van der Waals surface area contributed by atoms with Crippen LogP contribution in [0.1, 0.15) is 38.5 Å². The third kappa shape index (κ3) is 9.85. The van der Waals surface area contributed by atoms with Crippen molar-refractivity contribution in [3.63, 3.8) is 0 Å². The van der Waals surface area contributed by atoms with Crippen molar-refractivity contribution >= 4 is 11.9 Å². The van der Waals surface area contributed by atoms with Crippen LogP contribution in [0.25, 0.3) is 0 Å². The summed E-state index contributed by atoms with van der Waals surface area (Å²) in [5.74, 6) is -0.437. The van der Waals surface area contributed by atoms with Crippen LogP contribution in [0.3, 0.4) is 0 Å². The van der Waals surface area contributed by atoms with E-state index in [4.69, 9.17) is 14.2 Å². The fourth-order valence-corrected chi connectivity index (χ4v) is 2.42. The smallest absolute Gasteiger partial charge is 0.308 e. The van der Waals surface area contributed by atoms with Crippen LogP contribution in [0.2, 0.25) is 0 Å². The van der Waals surface area contributed by atoms with Gasteiger partial charge in [-0.05, 0) is 60.5 Å². The Morgan fingerprint density at radius 1 is 0.958 bits per heavy atom. The molecule has 0 N–H and O–H groups in total. The Morgan fingerprint density at radius 2 is 1.54 bits per heavy atom. The van der Waals surface area contributed by atoms with Crippen LogP contribution in [0.5, 0.6) is 0 Å². The number of esters is 2. The van der Waals surface area contributed by atoms with Crippen molar-refractivity contribution < 1.29 is 23.8 Å². The van der Waals surface area contributed by atoms with E-state index < -0.39 is 6.29 Å². The lowest BCUT2D eigenvalue weighted by atomic mass is 10.2. The molecule has 140 valence electrons. The Bertz CT molecular complexity index is 387. The number of rotatable bonds is 11. The highest BCUT2D eigenvalue weighted by molar-refractivity contribution is 5.69. The topological polar surface area (TPSA) is 68.3 Å². The second-order valence-electron chi connectivity index (χ2n) is 6.75. The standard InChI is InChI=1S/C17H32N2O5/c1-18(2)11-5-7-15(20)22-13-14-9-10-17(23-14)24-16(21)8-6-12-19(3)4/h14,17H,5-13H2,1-4H3/t14-,17-/m0/s1. The molecule has 0 amide bonds. The summed E-state index contributed by atoms with van der Waals surface area (Å²) in [6.45, 7) is 1.95. The lowest BCUT2D eigenvalue weighted by molar-refractivity contribution is -0.180. The third-order valence-corrected chi connectivity index (χ3v) is 3.73. The molecule has 0 radical (unpaired) electrons. The van der Waals surface area contributed by atoms with Gasteiger partial charge in [-0.3, -0.25) is 9.59 Å². The molecule has 1 heterocycles. The van der Waals surface area contributed by atoms with E-state index in [1.807, 2.05) is 38.0 Å². The summed E-state index contributed by atoms with van der Waals surface area (Å²) >= 11 is 0. The molecule has 0 aromatic heterocycles. The van der Waals surface area contributed by atoms with Gasteiger partial charge in [0.2, 0.25) is 6.29 Å². The van der Waals surface area contributed by atoms with Crippen LogP contribution < -0.4 is 0 Å². The summed E-state index contributed by atoms with van der Waals surface area (Å²) in [6.07, 6.45) is 3.07. The zero-order valence-corrected chi connectivity index (χ0v) is 15.5. The highest BCUT2D eigenvalue weighted by Gasteiger charge is 2.28. The van der Waals surface area contributed by atoms with Crippen LogP contribution in [0.4, 0.5) is 0 Å². The first-order chi connectivity index (χ1) is 11.4. The SMILES string of the molecule is CN(C)CCCC(=O)OC[C@@H]1CC[C@H](OC(=O)CCCN(C)C)O1. The molecule has 0 unspecified atom stereocenters. The largest absolute Gasteiger partial charge is 0.463 e. The fraction of sp³-hybridized carbons (Fsp3) is 0.882. The Morgan fingerprint density at radius 3 is 2.12 bits per heavy atom. The number of hydrogen-bond acceptors (Lipinski definition) is 7. The van der Waals surface area contributed by atoms with E-state index in [1.54, 1.807) is 0 Å². The van der Waals surface area contributed by atoms with Gasteiger partial charge in [0.25, 0.3) is 0 Å². The minimum Gasteiger partial charge on any atom is -0.463 e. The Hall–Kier alpha value is -1.18. The van der Waals surface area contributed by atoms with Crippen molar-refractivity contribution in [1.29, 1.82) is 0 Å².